The summed E-state index contributed by atoms with van der Waals surface area (Å²) in [6.45, 7) is 1.34. The van der Waals surface area contributed by atoms with Crippen molar-refractivity contribution in [3.05, 3.63) is 0 Å². The van der Waals surface area contributed by atoms with E-state index in [-0.39, 0.29) is 24.9 Å². The van der Waals surface area contributed by atoms with E-state index in [1.165, 1.54) is 4.90 Å². The van der Waals surface area contributed by atoms with Crippen LogP contribution in [0.5, 0.6) is 0 Å². The molecule has 0 bridgehead atoms. The molecular weight excluding hydrogens is 264 g/mol. The van der Waals surface area contributed by atoms with Crippen LogP contribution in [0, 0.1) is 0 Å². The summed E-state index contributed by atoms with van der Waals surface area (Å²) in [5, 5.41) is 19.5. The Morgan fingerprint density at radius 2 is 1.40 bits per heavy atom. The van der Waals surface area contributed by atoms with Gasteiger partial charge in [-0.2, -0.15) is 0 Å². The number of aliphatic hydroxyl groups is 2. The van der Waals surface area contributed by atoms with Crippen LogP contribution in [0.4, 0.5) is 0 Å². The maximum Gasteiger partial charge on any atom is 0.222 e. The first-order valence-corrected chi connectivity index (χ1v) is 7.13. The Balaban J connectivity index is 1.71. The minimum absolute atomic E-state index is 0.00288. The van der Waals surface area contributed by atoms with Gasteiger partial charge in [0.05, 0.1) is 13.1 Å². The monoisotopic (exact) mass is 286 g/mol. The molecule has 0 aromatic heterocycles. The Hall–Kier alpha value is -1.18. The van der Waals surface area contributed by atoms with Gasteiger partial charge >= 0.3 is 0 Å². The van der Waals surface area contributed by atoms with Gasteiger partial charge in [-0.1, -0.05) is 0 Å². The minimum Gasteiger partial charge on any atom is -0.366 e. The number of hydrogen-bond acceptors (Lipinski definition) is 5. The molecule has 0 radical (unpaired) electrons. The quantitative estimate of drug-likeness (QED) is 0.629. The molecule has 2 heterocycles. The standard InChI is InChI=1S/C13H22N2O5/c16-10-4-1-2-6-14(10)8-12(18)20-13(19)9-15-7-3-5-11(15)17/h12-13,18-19H,1-9H2. The fourth-order valence-corrected chi connectivity index (χ4v) is 2.60. The number of aliphatic hydroxyl groups excluding tert-OH is 2. The zero-order chi connectivity index (χ0) is 14.5. The predicted molar refractivity (Wildman–Crippen MR) is 69.3 cm³/mol. The van der Waals surface area contributed by atoms with Crippen molar-refractivity contribution in [2.45, 2.75) is 44.7 Å². The summed E-state index contributed by atoms with van der Waals surface area (Å²) in [5.74, 6) is -0.00328. The van der Waals surface area contributed by atoms with Gasteiger partial charge in [-0.15, -0.1) is 0 Å². The molecule has 0 spiro atoms. The lowest BCUT2D eigenvalue weighted by Gasteiger charge is -2.30. The molecule has 0 aromatic carbocycles. The van der Waals surface area contributed by atoms with Crippen LogP contribution in [0.25, 0.3) is 0 Å². The van der Waals surface area contributed by atoms with Gasteiger partial charge in [-0.25, -0.2) is 0 Å². The van der Waals surface area contributed by atoms with Gasteiger partial charge < -0.3 is 24.7 Å². The summed E-state index contributed by atoms with van der Waals surface area (Å²) in [5.41, 5.74) is 0. The smallest absolute Gasteiger partial charge is 0.222 e. The van der Waals surface area contributed by atoms with Gasteiger partial charge in [0.25, 0.3) is 0 Å². The Labute approximate surface area is 118 Å². The van der Waals surface area contributed by atoms with Crippen molar-refractivity contribution in [1.29, 1.82) is 0 Å². The number of carbonyl (C=O) groups excluding carboxylic acids is 2. The Bertz CT molecular complexity index is 363. The highest BCUT2D eigenvalue weighted by molar-refractivity contribution is 5.78. The van der Waals surface area contributed by atoms with Gasteiger partial charge in [-0.05, 0) is 19.3 Å². The highest BCUT2D eigenvalue weighted by atomic mass is 16.7. The second kappa shape index (κ2) is 7.01. The number of rotatable bonds is 6. The van der Waals surface area contributed by atoms with Gasteiger partial charge in [0.2, 0.25) is 11.8 Å². The van der Waals surface area contributed by atoms with Crippen molar-refractivity contribution >= 4 is 11.8 Å². The lowest BCUT2D eigenvalue weighted by Crippen LogP contribution is -2.44. The molecule has 2 aliphatic rings. The first-order valence-electron chi connectivity index (χ1n) is 7.13. The zero-order valence-electron chi connectivity index (χ0n) is 11.5. The molecule has 114 valence electrons. The molecule has 0 aromatic rings. The van der Waals surface area contributed by atoms with Gasteiger partial charge in [0.1, 0.15) is 0 Å². The van der Waals surface area contributed by atoms with Gasteiger partial charge in [0, 0.05) is 25.9 Å². The summed E-state index contributed by atoms with van der Waals surface area (Å²) in [6.07, 6.45) is 1.12. The molecular formula is C13H22N2O5. The Morgan fingerprint density at radius 1 is 0.900 bits per heavy atom. The third-order valence-corrected chi connectivity index (χ3v) is 3.66. The summed E-state index contributed by atoms with van der Waals surface area (Å²) >= 11 is 0. The fraction of sp³-hybridized carbons (Fsp3) is 0.846. The molecule has 20 heavy (non-hydrogen) atoms. The van der Waals surface area contributed by atoms with E-state index in [0.29, 0.717) is 25.9 Å². The summed E-state index contributed by atoms with van der Waals surface area (Å²) < 4.78 is 5.03. The number of ether oxygens (including phenoxy) is 1. The fourth-order valence-electron chi connectivity index (χ4n) is 2.60. The lowest BCUT2D eigenvalue weighted by atomic mass is 10.1. The van der Waals surface area contributed by atoms with E-state index < -0.39 is 12.6 Å². The van der Waals surface area contributed by atoms with Crippen LogP contribution in [-0.4, -0.2) is 70.6 Å². The molecule has 2 aliphatic heterocycles. The highest BCUT2D eigenvalue weighted by Crippen LogP contribution is 2.13. The van der Waals surface area contributed by atoms with E-state index in [9.17, 15) is 19.8 Å². The maximum atomic E-state index is 11.6. The predicted octanol–water partition coefficient (Wildman–Crippen LogP) is -0.725. The van der Waals surface area contributed by atoms with Crippen LogP contribution in [-0.2, 0) is 14.3 Å². The number of carbonyl (C=O) groups is 2. The highest BCUT2D eigenvalue weighted by Gasteiger charge is 2.26. The number of nitrogens with zero attached hydrogens (tertiary/aromatic N) is 2. The molecule has 7 heteroatoms. The normalized spacial score (nSPS) is 23.3. The number of amides is 2. The summed E-state index contributed by atoms with van der Waals surface area (Å²) in [6, 6.07) is 0. The number of likely N-dealkylation sites (tertiary alicyclic amines) is 2. The molecule has 2 saturated heterocycles. The molecule has 0 aliphatic carbocycles. The van der Waals surface area contributed by atoms with Crippen molar-refractivity contribution in [2.24, 2.45) is 0 Å². The Kier molecular flexibility index (Phi) is 5.33. The molecule has 2 atom stereocenters. The average molecular weight is 286 g/mol. The molecule has 2 rings (SSSR count). The van der Waals surface area contributed by atoms with Crippen molar-refractivity contribution in [3.8, 4) is 0 Å². The van der Waals surface area contributed by atoms with Crippen LogP contribution >= 0.6 is 0 Å². The maximum absolute atomic E-state index is 11.6. The summed E-state index contributed by atoms with van der Waals surface area (Å²) in [7, 11) is 0. The van der Waals surface area contributed by atoms with Crippen LogP contribution in [0.1, 0.15) is 32.1 Å². The molecule has 2 fully saturated rings. The number of hydrogen-bond donors (Lipinski definition) is 2. The molecule has 2 unspecified atom stereocenters. The first-order chi connectivity index (χ1) is 9.56. The van der Waals surface area contributed by atoms with Crippen LogP contribution < -0.4 is 0 Å². The van der Waals surface area contributed by atoms with E-state index in [1.807, 2.05) is 0 Å². The molecule has 2 N–H and O–H groups in total. The van der Waals surface area contributed by atoms with Crippen molar-refractivity contribution in [3.63, 3.8) is 0 Å². The van der Waals surface area contributed by atoms with Crippen LogP contribution in [0.2, 0.25) is 0 Å². The third kappa shape index (κ3) is 4.16. The summed E-state index contributed by atoms with van der Waals surface area (Å²) in [4.78, 5) is 26.0. The van der Waals surface area contributed by atoms with E-state index in [4.69, 9.17) is 4.74 Å². The third-order valence-electron chi connectivity index (χ3n) is 3.66. The first kappa shape index (κ1) is 15.2. The van der Waals surface area contributed by atoms with E-state index in [2.05, 4.69) is 0 Å². The van der Waals surface area contributed by atoms with Gasteiger partial charge in [0.15, 0.2) is 12.6 Å². The van der Waals surface area contributed by atoms with E-state index in [0.717, 1.165) is 19.3 Å². The molecule has 7 nitrogen and oxygen atoms in total. The average Bonchev–Trinajstić information content (AvgIpc) is 2.77. The largest absolute Gasteiger partial charge is 0.366 e. The van der Waals surface area contributed by atoms with Gasteiger partial charge in [-0.3, -0.25) is 9.59 Å². The van der Waals surface area contributed by atoms with E-state index in [1.54, 1.807) is 4.90 Å². The zero-order valence-corrected chi connectivity index (χ0v) is 11.5. The number of piperidine rings is 1. The molecule has 0 saturated carbocycles. The van der Waals surface area contributed by atoms with Crippen molar-refractivity contribution in [1.82, 2.24) is 9.80 Å². The Morgan fingerprint density at radius 3 is 1.90 bits per heavy atom. The lowest BCUT2D eigenvalue weighted by molar-refractivity contribution is -0.218. The van der Waals surface area contributed by atoms with E-state index >= 15 is 0 Å². The van der Waals surface area contributed by atoms with Crippen LogP contribution in [0.15, 0.2) is 0 Å². The second-order valence-corrected chi connectivity index (χ2v) is 5.29. The molecule has 2 amide bonds. The van der Waals surface area contributed by atoms with Crippen LogP contribution in [0.3, 0.4) is 0 Å². The topological polar surface area (TPSA) is 90.3 Å². The minimum atomic E-state index is -1.23. The number of β-amino-alcohol motifs (C(OH)–C–C–N with tert-alkyl or cyclic N) is 2. The van der Waals surface area contributed by atoms with Crippen molar-refractivity contribution < 1.29 is 24.5 Å². The van der Waals surface area contributed by atoms with Crippen molar-refractivity contribution in [2.75, 3.05) is 26.2 Å². The second-order valence-electron chi connectivity index (χ2n) is 5.29. The SMILES string of the molecule is O=C1CCCCN1CC(O)OC(O)CN1CCCC1=O.